The van der Waals surface area contributed by atoms with Gasteiger partial charge in [0.25, 0.3) is 0 Å². The molecule has 2 unspecified atom stereocenters. The highest BCUT2D eigenvalue weighted by atomic mass is 127. The van der Waals surface area contributed by atoms with Crippen molar-refractivity contribution in [3.63, 3.8) is 0 Å². The molecule has 2 aromatic rings. The summed E-state index contributed by atoms with van der Waals surface area (Å²) in [7, 11) is 1.64. The van der Waals surface area contributed by atoms with E-state index in [0.717, 1.165) is 36.6 Å². The maximum absolute atomic E-state index is 5.99. The summed E-state index contributed by atoms with van der Waals surface area (Å²) in [6, 6.07) is 16.1. The Bertz CT molecular complexity index is 770. The molecule has 0 aliphatic carbocycles. The van der Waals surface area contributed by atoms with Crippen LogP contribution in [0.25, 0.3) is 0 Å². The van der Waals surface area contributed by atoms with Crippen LogP contribution in [-0.4, -0.2) is 43.3 Å². The Labute approximate surface area is 190 Å². The predicted molar refractivity (Wildman–Crippen MR) is 129 cm³/mol. The second-order valence-electron chi connectivity index (χ2n) is 7.32. The Kier molecular flexibility index (Phi) is 9.19. The molecule has 0 bridgehead atoms. The van der Waals surface area contributed by atoms with Crippen molar-refractivity contribution in [3.05, 3.63) is 59.7 Å². The van der Waals surface area contributed by atoms with Crippen molar-refractivity contribution in [2.24, 2.45) is 10.7 Å². The van der Waals surface area contributed by atoms with Gasteiger partial charge in [-0.2, -0.15) is 0 Å². The maximum Gasteiger partial charge on any atom is 0.193 e. The van der Waals surface area contributed by atoms with Gasteiger partial charge in [-0.15, -0.1) is 24.0 Å². The molecule has 0 aromatic heterocycles. The molecule has 0 saturated carbocycles. The summed E-state index contributed by atoms with van der Waals surface area (Å²) in [6.07, 6.45) is 0.581. The van der Waals surface area contributed by atoms with Crippen LogP contribution in [-0.2, 0) is 17.8 Å². The van der Waals surface area contributed by atoms with E-state index in [4.69, 9.17) is 15.2 Å². The number of ether oxygens (including phenoxy) is 2. The third-order valence-electron chi connectivity index (χ3n) is 4.72. The molecule has 29 heavy (non-hydrogen) atoms. The molecule has 1 fully saturated rings. The lowest BCUT2D eigenvalue weighted by Gasteiger charge is -2.35. The van der Waals surface area contributed by atoms with E-state index >= 15 is 0 Å². The van der Waals surface area contributed by atoms with E-state index in [1.165, 1.54) is 5.56 Å². The number of hydrogen-bond acceptors (Lipinski definition) is 4. The molecule has 1 heterocycles. The van der Waals surface area contributed by atoms with Crippen molar-refractivity contribution in [1.82, 2.24) is 4.90 Å². The van der Waals surface area contributed by atoms with Crippen LogP contribution in [0.5, 0.6) is 5.75 Å². The second kappa shape index (κ2) is 11.4. The summed E-state index contributed by atoms with van der Waals surface area (Å²) >= 11 is 0. The van der Waals surface area contributed by atoms with Crippen LogP contribution in [0.4, 0.5) is 5.69 Å². The smallest absolute Gasteiger partial charge is 0.193 e. The minimum atomic E-state index is 0. The first kappa shape index (κ1) is 23.4. The van der Waals surface area contributed by atoms with E-state index in [9.17, 15) is 0 Å². The minimum absolute atomic E-state index is 0. The number of nitrogens with two attached hydrogens (primary N) is 1. The molecule has 0 radical (unpaired) electrons. The number of methoxy groups -OCH3 is 1. The van der Waals surface area contributed by atoms with Crippen LogP contribution in [0.3, 0.4) is 0 Å². The third-order valence-corrected chi connectivity index (χ3v) is 4.72. The molecule has 2 atom stereocenters. The molecule has 6 nitrogen and oxygen atoms in total. The Balaban J connectivity index is 0.00000300. The number of halogens is 1. The molecule has 3 N–H and O–H groups in total. The first-order valence-corrected chi connectivity index (χ1v) is 9.68. The predicted octanol–water partition coefficient (Wildman–Crippen LogP) is 3.85. The van der Waals surface area contributed by atoms with Crippen LogP contribution >= 0.6 is 24.0 Å². The van der Waals surface area contributed by atoms with Gasteiger partial charge in [-0.3, -0.25) is 4.90 Å². The lowest BCUT2D eigenvalue weighted by molar-refractivity contribution is -0.0704. The van der Waals surface area contributed by atoms with Gasteiger partial charge < -0.3 is 20.5 Å². The van der Waals surface area contributed by atoms with Gasteiger partial charge in [0, 0.05) is 25.3 Å². The first-order valence-electron chi connectivity index (χ1n) is 9.68. The number of nitrogens with one attached hydrogen (secondary N) is 1. The standard InChI is InChI=1S/C22H30N4O2.HI/c1-16-13-26(14-17(2)28-16)15-19-6-4-18(5-7-19)12-24-22(23)25-20-8-10-21(27-3)11-9-20;/h4-11,16-17H,12-15H2,1-3H3,(H3,23,24,25);1H. The average Bonchev–Trinajstić information content (AvgIpc) is 2.67. The lowest BCUT2D eigenvalue weighted by Crippen LogP contribution is -2.44. The summed E-state index contributed by atoms with van der Waals surface area (Å²) in [5.74, 6) is 1.20. The van der Waals surface area contributed by atoms with Crippen molar-refractivity contribution < 1.29 is 9.47 Å². The first-order chi connectivity index (χ1) is 13.5. The van der Waals surface area contributed by atoms with Gasteiger partial charge in [-0.1, -0.05) is 24.3 Å². The number of aliphatic imine (C=N–C) groups is 1. The number of hydrogen-bond donors (Lipinski definition) is 2. The van der Waals surface area contributed by atoms with Gasteiger partial charge in [-0.25, -0.2) is 4.99 Å². The van der Waals surface area contributed by atoms with Crippen LogP contribution in [0.2, 0.25) is 0 Å². The van der Waals surface area contributed by atoms with Crippen molar-refractivity contribution in [2.75, 3.05) is 25.5 Å². The monoisotopic (exact) mass is 510 g/mol. The largest absolute Gasteiger partial charge is 0.497 e. The summed E-state index contributed by atoms with van der Waals surface area (Å²) in [5, 5.41) is 3.09. The number of anilines is 1. The van der Waals surface area contributed by atoms with E-state index in [-0.39, 0.29) is 24.0 Å². The van der Waals surface area contributed by atoms with Crippen molar-refractivity contribution in [1.29, 1.82) is 0 Å². The van der Waals surface area contributed by atoms with Crippen LogP contribution in [0.1, 0.15) is 25.0 Å². The minimum Gasteiger partial charge on any atom is -0.497 e. The molecule has 7 heteroatoms. The molecular formula is C22H31IN4O2. The van der Waals surface area contributed by atoms with Gasteiger partial charge in [0.1, 0.15) is 5.75 Å². The Hall–Kier alpha value is -1.84. The van der Waals surface area contributed by atoms with Gasteiger partial charge in [0.2, 0.25) is 0 Å². The summed E-state index contributed by atoms with van der Waals surface area (Å²) < 4.78 is 11.0. The van der Waals surface area contributed by atoms with Crippen molar-refractivity contribution in [3.8, 4) is 5.75 Å². The average molecular weight is 510 g/mol. The fourth-order valence-corrected chi connectivity index (χ4v) is 3.46. The van der Waals surface area contributed by atoms with E-state index in [1.807, 2.05) is 24.3 Å². The molecule has 0 amide bonds. The highest BCUT2D eigenvalue weighted by Crippen LogP contribution is 2.16. The molecule has 0 spiro atoms. The van der Waals surface area contributed by atoms with E-state index < -0.39 is 0 Å². The number of nitrogens with zero attached hydrogens (tertiary/aromatic N) is 2. The number of benzene rings is 2. The maximum atomic E-state index is 5.99. The number of morpholine rings is 1. The number of guanidine groups is 1. The summed E-state index contributed by atoms with van der Waals surface area (Å²) in [4.78, 5) is 6.87. The van der Waals surface area contributed by atoms with E-state index in [1.54, 1.807) is 7.11 Å². The SMILES string of the molecule is COc1ccc(NC(N)=NCc2ccc(CN3CC(C)OC(C)C3)cc2)cc1.I. The van der Waals surface area contributed by atoms with Gasteiger partial charge >= 0.3 is 0 Å². The lowest BCUT2D eigenvalue weighted by atomic mass is 10.1. The van der Waals surface area contributed by atoms with Gasteiger partial charge in [-0.05, 0) is 49.2 Å². The Morgan fingerprint density at radius 1 is 1.07 bits per heavy atom. The quantitative estimate of drug-likeness (QED) is 0.351. The molecule has 2 aromatic carbocycles. The molecule has 3 rings (SSSR count). The fourth-order valence-electron chi connectivity index (χ4n) is 3.46. The second-order valence-corrected chi connectivity index (χ2v) is 7.32. The zero-order chi connectivity index (χ0) is 19.9. The Morgan fingerprint density at radius 3 is 2.24 bits per heavy atom. The molecule has 1 saturated heterocycles. The summed E-state index contributed by atoms with van der Waals surface area (Å²) in [5.41, 5.74) is 9.31. The van der Waals surface area contributed by atoms with Gasteiger partial charge in [0.15, 0.2) is 5.96 Å². The van der Waals surface area contributed by atoms with E-state index in [2.05, 4.69) is 53.3 Å². The highest BCUT2D eigenvalue weighted by Gasteiger charge is 2.21. The van der Waals surface area contributed by atoms with Crippen LogP contribution < -0.4 is 15.8 Å². The molecule has 158 valence electrons. The van der Waals surface area contributed by atoms with Crippen molar-refractivity contribution >= 4 is 35.6 Å². The summed E-state index contributed by atoms with van der Waals surface area (Å²) in [6.45, 7) is 7.71. The molecular weight excluding hydrogens is 479 g/mol. The Morgan fingerprint density at radius 2 is 1.66 bits per heavy atom. The van der Waals surface area contributed by atoms with Crippen LogP contribution in [0.15, 0.2) is 53.5 Å². The molecule has 1 aliphatic rings. The van der Waals surface area contributed by atoms with Gasteiger partial charge in [0.05, 0.1) is 25.9 Å². The van der Waals surface area contributed by atoms with E-state index in [0.29, 0.717) is 24.7 Å². The molecule has 1 aliphatic heterocycles. The van der Waals surface area contributed by atoms with Crippen molar-refractivity contribution in [2.45, 2.75) is 39.1 Å². The number of rotatable bonds is 6. The zero-order valence-corrected chi connectivity index (χ0v) is 19.6. The normalized spacial score (nSPS) is 20.0. The van der Waals surface area contributed by atoms with Crippen LogP contribution in [0, 0.1) is 0 Å². The topological polar surface area (TPSA) is 72.1 Å². The third kappa shape index (κ3) is 7.49. The highest BCUT2D eigenvalue weighted by molar-refractivity contribution is 14.0. The zero-order valence-electron chi connectivity index (χ0n) is 17.3. The fraction of sp³-hybridized carbons (Fsp3) is 0.409.